The predicted octanol–water partition coefficient (Wildman–Crippen LogP) is 2.78. The number of aryl methyl sites for hydroxylation is 1. The molecule has 0 saturated carbocycles. The molecule has 4 heteroatoms. The van der Waals surface area contributed by atoms with Crippen molar-refractivity contribution >= 4 is 0 Å². The van der Waals surface area contributed by atoms with Crippen molar-refractivity contribution in [1.29, 1.82) is 0 Å². The first kappa shape index (κ1) is 14.4. The molecule has 2 aromatic carbocycles. The van der Waals surface area contributed by atoms with Gasteiger partial charge >= 0.3 is 0 Å². The zero-order valence-electron chi connectivity index (χ0n) is 11.6. The second-order valence-electron chi connectivity index (χ2n) is 4.49. The maximum atomic E-state index is 9.15. The van der Waals surface area contributed by atoms with Crippen LogP contribution < -0.4 is 9.47 Å². The molecular weight excluding hydrogens is 256 g/mol. The van der Waals surface area contributed by atoms with Gasteiger partial charge in [0.05, 0.1) is 20.3 Å². The molecule has 0 fully saturated rings. The Labute approximate surface area is 118 Å². The number of rotatable bonds is 5. The van der Waals surface area contributed by atoms with Crippen LogP contribution in [-0.4, -0.2) is 17.3 Å². The molecule has 2 rings (SSSR count). The van der Waals surface area contributed by atoms with Gasteiger partial charge in [-0.15, -0.1) is 0 Å². The summed E-state index contributed by atoms with van der Waals surface area (Å²) in [6.45, 7) is 1.89. The van der Waals surface area contributed by atoms with Gasteiger partial charge in [0.15, 0.2) is 11.5 Å². The summed E-state index contributed by atoms with van der Waals surface area (Å²) >= 11 is 0. The number of methoxy groups -OCH3 is 1. The fourth-order valence-electron chi connectivity index (χ4n) is 1.93. The average molecular weight is 274 g/mol. The third kappa shape index (κ3) is 3.10. The van der Waals surface area contributed by atoms with Crippen LogP contribution in [0.3, 0.4) is 0 Å². The van der Waals surface area contributed by atoms with E-state index in [9.17, 15) is 0 Å². The first-order valence-corrected chi connectivity index (χ1v) is 6.34. The highest BCUT2D eigenvalue weighted by molar-refractivity contribution is 5.46. The minimum Gasteiger partial charge on any atom is -0.493 e. The first-order valence-electron chi connectivity index (χ1n) is 6.34. The van der Waals surface area contributed by atoms with Gasteiger partial charge in [0.1, 0.15) is 5.75 Å². The van der Waals surface area contributed by atoms with Gasteiger partial charge in [-0.05, 0) is 47.9 Å². The van der Waals surface area contributed by atoms with Gasteiger partial charge in [0, 0.05) is 0 Å². The van der Waals surface area contributed by atoms with Gasteiger partial charge in [-0.3, -0.25) is 0 Å². The van der Waals surface area contributed by atoms with Crippen molar-refractivity contribution in [3.05, 3.63) is 53.1 Å². The molecule has 2 aromatic rings. The minimum atomic E-state index is -0.0407. The molecule has 0 unspecified atom stereocenters. The van der Waals surface area contributed by atoms with Crippen molar-refractivity contribution in [2.45, 2.75) is 20.1 Å². The summed E-state index contributed by atoms with van der Waals surface area (Å²) in [6, 6.07) is 10.8. The van der Waals surface area contributed by atoms with Crippen molar-refractivity contribution in [3.63, 3.8) is 0 Å². The smallest absolute Gasteiger partial charge is 0.169 e. The third-order valence-corrected chi connectivity index (χ3v) is 3.12. The van der Waals surface area contributed by atoms with Crippen molar-refractivity contribution in [3.8, 4) is 17.2 Å². The van der Waals surface area contributed by atoms with E-state index in [1.165, 1.54) is 0 Å². The zero-order chi connectivity index (χ0) is 14.5. The molecule has 0 aliphatic carbocycles. The zero-order valence-corrected chi connectivity index (χ0v) is 11.6. The van der Waals surface area contributed by atoms with E-state index in [0.717, 1.165) is 16.7 Å². The van der Waals surface area contributed by atoms with Gasteiger partial charge in [0.25, 0.3) is 0 Å². The summed E-state index contributed by atoms with van der Waals surface area (Å²) in [5.41, 5.74) is 2.61. The molecule has 0 bridgehead atoms. The Morgan fingerprint density at radius 3 is 2.35 bits per heavy atom. The van der Waals surface area contributed by atoms with Crippen LogP contribution in [0.15, 0.2) is 36.4 Å². The number of hydrogen-bond donors (Lipinski definition) is 2. The molecule has 0 amide bonds. The molecule has 0 saturated heterocycles. The molecule has 0 radical (unpaired) electrons. The lowest BCUT2D eigenvalue weighted by Gasteiger charge is -2.12. The Hall–Kier alpha value is -2.04. The predicted molar refractivity (Wildman–Crippen MR) is 76.1 cm³/mol. The minimum absolute atomic E-state index is 0.0145. The van der Waals surface area contributed by atoms with E-state index in [0.29, 0.717) is 17.2 Å². The highest BCUT2D eigenvalue weighted by Crippen LogP contribution is 2.33. The summed E-state index contributed by atoms with van der Waals surface area (Å²) in [7, 11) is 1.56. The highest BCUT2D eigenvalue weighted by atomic mass is 16.5. The molecule has 2 N–H and O–H groups in total. The van der Waals surface area contributed by atoms with Gasteiger partial charge in [-0.25, -0.2) is 0 Å². The summed E-state index contributed by atoms with van der Waals surface area (Å²) in [5.74, 6) is 1.83. The third-order valence-electron chi connectivity index (χ3n) is 3.12. The van der Waals surface area contributed by atoms with Crippen molar-refractivity contribution in [1.82, 2.24) is 0 Å². The van der Waals surface area contributed by atoms with Crippen LogP contribution in [0.2, 0.25) is 0 Å². The fraction of sp³-hybridized carbons (Fsp3) is 0.250. The molecule has 0 spiro atoms. The molecule has 0 aliphatic rings. The SMILES string of the molecule is COc1cc(CO)ccc1Oc1ccc(CO)c(C)c1. The van der Waals surface area contributed by atoms with E-state index in [2.05, 4.69) is 0 Å². The van der Waals surface area contributed by atoms with Crippen LogP contribution >= 0.6 is 0 Å². The lowest BCUT2D eigenvalue weighted by Crippen LogP contribution is -1.94. The van der Waals surface area contributed by atoms with Crippen molar-refractivity contribution in [2.75, 3.05) is 7.11 Å². The van der Waals surface area contributed by atoms with Crippen LogP contribution in [-0.2, 0) is 13.2 Å². The highest BCUT2D eigenvalue weighted by Gasteiger charge is 2.08. The molecule has 106 valence electrons. The van der Waals surface area contributed by atoms with Crippen LogP contribution in [0.1, 0.15) is 16.7 Å². The lowest BCUT2D eigenvalue weighted by molar-refractivity contribution is 0.280. The van der Waals surface area contributed by atoms with E-state index in [1.807, 2.05) is 19.1 Å². The fourth-order valence-corrected chi connectivity index (χ4v) is 1.93. The van der Waals surface area contributed by atoms with Crippen LogP contribution in [0.25, 0.3) is 0 Å². The van der Waals surface area contributed by atoms with Gasteiger partial charge in [0.2, 0.25) is 0 Å². The molecule has 0 aromatic heterocycles. The number of aliphatic hydroxyl groups is 2. The van der Waals surface area contributed by atoms with Gasteiger partial charge < -0.3 is 19.7 Å². The normalized spacial score (nSPS) is 10.4. The maximum Gasteiger partial charge on any atom is 0.169 e. The number of benzene rings is 2. The van der Waals surface area contributed by atoms with E-state index < -0.39 is 0 Å². The lowest BCUT2D eigenvalue weighted by atomic mass is 10.1. The molecule has 20 heavy (non-hydrogen) atoms. The summed E-state index contributed by atoms with van der Waals surface area (Å²) < 4.78 is 11.1. The van der Waals surface area contributed by atoms with Crippen LogP contribution in [0.4, 0.5) is 0 Å². The maximum absolute atomic E-state index is 9.15. The van der Waals surface area contributed by atoms with Crippen LogP contribution in [0, 0.1) is 6.92 Å². The Kier molecular flexibility index (Phi) is 4.61. The standard InChI is InChI=1S/C16H18O4/c1-11-7-14(5-4-13(11)10-18)20-15-6-3-12(9-17)8-16(15)19-2/h3-8,17-18H,9-10H2,1-2H3. The van der Waals surface area contributed by atoms with E-state index in [4.69, 9.17) is 19.7 Å². The van der Waals surface area contributed by atoms with Gasteiger partial charge in [-0.2, -0.15) is 0 Å². The van der Waals surface area contributed by atoms with Crippen molar-refractivity contribution in [2.24, 2.45) is 0 Å². The molecule has 0 atom stereocenters. The molecular formula is C16H18O4. The number of hydrogen-bond acceptors (Lipinski definition) is 4. The monoisotopic (exact) mass is 274 g/mol. The Morgan fingerprint density at radius 1 is 0.950 bits per heavy atom. The summed E-state index contributed by atoms with van der Waals surface area (Å²) in [4.78, 5) is 0. The summed E-state index contributed by atoms with van der Waals surface area (Å²) in [6.07, 6.45) is 0. The largest absolute Gasteiger partial charge is 0.493 e. The Balaban J connectivity index is 2.27. The number of ether oxygens (including phenoxy) is 2. The molecule has 0 aliphatic heterocycles. The average Bonchev–Trinajstić information content (AvgIpc) is 2.48. The molecule has 4 nitrogen and oxygen atoms in total. The van der Waals surface area contributed by atoms with Crippen LogP contribution in [0.5, 0.6) is 17.2 Å². The summed E-state index contributed by atoms with van der Waals surface area (Å²) in [5, 5.41) is 18.3. The van der Waals surface area contributed by atoms with Crippen molar-refractivity contribution < 1.29 is 19.7 Å². The second kappa shape index (κ2) is 6.41. The van der Waals surface area contributed by atoms with Gasteiger partial charge in [-0.1, -0.05) is 12.1 Å². The topological polar surface area (TPSA) is 58.9 Å². The van der Waals surface area contributed by atoms with E-state index in [1.54, 1.807) is 31.4 Å². The first-order chi connectivity index (χ1) is 9.67. The van der Waals surface area contributed by atoms with E-state index in [-0.39, 0.29) is 13.2 Å². The quantitative estimate of drug-likeness (QED) is 0.880. The second-order valence-corrected chi connectivity index (χ2v) is 4.49. The Bertz CT molecular complexity index is 593. The van der Waals surface area contributed by atoms with E-state index >= 15 is 0 Å². The Morgan fingerprint density at radius 2 is 1.75 bits per heavy atom. The molecule has 0 heterocycles. The number of aliphatic hydroxyl groups excluding tert-OH is 2.